The van der Waals surface area contributed by atoms with Crippen LogP contribution in [0.4, 0.5) is 11.4 Å². The van der Waals surface area contributed by atoms with Crippen molar-refractivity contribution < 1.29 is 8.42 Å². The quantitative estimate of drug-likeness (QED) is 0.891. The summed E-state index contributed by atoms with van der Waals surface area (Å²) in [7, 11) is -3.23. The minimum absolute atomic E-state index is 0.615. The Labute approximate surface area is 117 Å². The van der Waals surface area contributed by atoms with Crippen molar-refractivity contribution in [2.24, 2.45) is 0 Å². The van der Waals surface area contributed by atoms with E-state index in [1.54, 1.807) is 17.4 Å². The van der Waals surface area contributed by atoms with Gasteiger partial charge in [0.1, 0.15) is 0 Å². The van der Waals surface area contributed by atoms with Crippen LogP contribution in [0.25, 0.3) is 0 Å². The smallest absolute Gasteiger partial charge is 0.229 e. The average molecular weight is 296 g/mol. The first-order valence-corrected chi connectivity index (χ1v) is 8.56. The van der Waals surface area contributed by atoms with Crippen molar-refractivity contribution in [2.75, 3.05) is 16.3 Å². The molecule has 2 rings (SSSR count). The normalized spacial score (nSPS) is 11.3. The molecule has 0 bridgehead atoms. The highest BCUT2D eigenvalue weighted by atomic mass is 32.2. The third-order valence-electron chi connectivity index (χ3n) is 2.57. The highest BCUT2D eigenvalue weighted by Gasteiger charge is 2.05. The van der Waals surface area contributed by atoms with Gasteiger partial charge in [-0.1, -0.05) is 6.07 Å². The van der Waals surface area contributed by atoms with Crippen LogP contribution in [0.3, 0.4) is 0 Å². The number of thiophene rings is 1. The fourth-order valence-electron chi connectivity index (χ4n) is 1.69. The van der Waals surface area contributed by atoms with Gasteiger partial charge in [-0.05, 0) is 42.1 Å². The number of sulfonamides is 1. The van der Waals surface area contributed by atoms with Crippen LogP contribution in [0.15, 0.2) is 35.7 Å². The molecule has 0 aliphatic rings. The van der Waals surface area contributed by atoms with Gasteiger partial charge in [0.2, 0.25) is 10.0 Å². The summed E-state index contributed by atoms with van der Waals surface area (Å²) >= 11 is 1.70. The van der Waals surface area contributed by atoms with Gasteiger partial charge in [-0.25, -0.2) is 8.42 Å². The molecule has 0 amide bonds. The lowest BCUT2D eigenvalue weighted by Crippen LogP contribution is -2.10. The molecule has 0 radical (unpaired) electrons. The van der Waals surface area contributed by atoms with Crippen molar-refractivity contribution in [1.82, 2.24) is 0 Å². The van der Waals surface area contributed by atoms with E-state index >= 15 is 0 Å². The van der Waals surface area contributed by atoms with Crippen LogP contribution in [-0.2, 0) is 16.6 Å². The van der Waals surface area contributed by atoms with Gasteiger partial charge in [0.15, 0.2) is 0 Å². The van der Waals surface area contributed by atoms with Gasteiger partial charge in [0.05, 0.1) is 11.9 Å². The Balaban J connectivity index is 2.06. The summed E-state index contributed by atoms with van der Waals surface area (Å²) in [6, 6.07) is 9.67. The Morgan fingerprint density at radius 2 is 2.05 bits per heavy atom. The summed E-state index contributed by atoms with van der Waals surface area (Å²) in [5.41, 5.74) is 2.48. The van der Waals surface area contributed by atoms with Crippen molar-refractivity contribution in [3.05, 3.63) is 46.2 Å². The molecule has 4 nitrogen and oxygen atoms in total. The van der Waals surface area contributed by atoms with Gasteiger partial charge in [-0.2, -0.15) is 0 Å². The number of anilines is 2. The van der Waals surface area contributed by atoms with Gasteiger partial charge in [0, 0.05) is 17.1 Å². The molecule has 1 aromatic heterocycles. The first-order chi connectivity index (χ1) is 8.94. The van der Waals surface area contributed by atoms with Crippen LogP contribution in [-0.4, -0.2) is 14.7 Å². The Morgan fingerprint density at radius 1 is 1.26 bits per heavy atom. The van der Waals surface area contributed by atoms with Gasteiger partial charge in [-0.3, -0.25) is 4.72 Å². The van der Waals surface area contributed by atoms with Gasteiger partial charge < -0.3 is 5.32 Å². The van der Waals surface area contributed by atoms with Crippen molar-refractivity contribution in [2.45, 2.75) is 13.5 Å². The van der Waals surface area contributed by atoms with E-state index < -0.39 is 10.0 Å². The van der Waals surface area contributed by atoms with E-state index in [1.807, 2.05) is 30.5 Å². The van der Waals surface area contributed by atoms with Gasteiger partial charge in [-0.15, -0.1) is 11.3 Å². The molecule has 0 aliphatic heterocycles. The van der Waals surface area contributed by atoms with Crippen molar-refractivity contribution >= 4 is 32.7 Å². The molecule has 0 saturated carbocycles. The number of aryl methyl sites for hydroxylation is 1. The van der Waals surface area contributed by atoms with Crippen LogP contribution < -0.4 is 10.0 Å². The molecule has 0 fully saturated rings. The van der Waals surface area contributed by atoms with E-state index in [1.165, 1.54) is 4.88 Å². The first kappa shape index (κ1) is 13.9. The Morgan fingerprint density at radius 3 is 2.63 bits per heavy atom. The highest BCUT2D eigenvalue weighted by Crippen LogP contribution is 2.21. The molecule has 2 N–H and O–H groups in total. The van der Waals surface area contributed by atoms with Crippen LogP contribution in [0.1, 0.15) is 10.4 Å². The molecule has 1 aromatic carbocycles. The zero-order valence-electron chi connectivity index (χ0n) is 10.8. The maximum absolute atomic E-state index is 11.2. The molecule has 6 heteroatoms. The van der Waals surface area contributed by atoms with Crippen molar-refractivity contribution in [1.29, 1.82) is 0 Å². The summed E-state index contributed by atoms with van der Waals surface area (Å²) in [6.07, 6.45) is 1.15. The van der Waals surface area contributed by atoms with E-state index in [2.05, 4.69) is 16.1 Å². The summed E-state index contributed by atoms with van der Waals surface area (Å²) in [4.78, 5) is 1.26. The van der Waals surface area contributed by atoms with Crippen LogP contribution in [0, 0.1) is 6.92 Å². The summed E-state index contributed by atoms with van der Waals surface area (Å²) in [5, 5.41) is 5.35. The van der Waals surface area contributed by atoms with Crippen molar-refractivity contribution in [3.8, 4) is 0 Å². The third-order valence-corrected chi connectivity index (χ3v) is 4.04. The number of nitrogens with one attached hydrogen (secondary N) is 2. The highest BCUT2D eigenvalue weighted by molar-refractivity contribution is 7.92. The second-order valence-corrected chi connectivity index (χ2v) is 7.12. The largest absolute Gasteiger partial charge is 0.380 e. The lowest BCUT2D eigenvalue weighted by atomic mass is 10.2. The molecule has 0 aliphatic carbocycles. The fraction of sp³-hybridized carbons (Fsp3) is 0.231. The standard InChI is InChI=1S/C13H16N2O2S2/c1-10-8-11(14-9-12-4-3-7-18-12)5-6-13(10)15-19(2,16)17/h3-8,14-15H,9H2,1-2H3. The molecular weight excluding hydrogens is 280 g/mol. The first-order valence-electron chi connectivity index (χ1n) is 5.79. The molecule has 1 heterocycles. The molecule has 0 saturated heterocycles. The third kappa shape index (κ3) is 4.25. The molecular formula is C13H16N2O2S2. The molecule has 102 valence electrons. The number of hydrogen-bond donors (Lipinski definition) is 2. The lowest BCUT2D eigenvalue weighted by molar-refractivity contribution is 0.607. The average Bonchev–Trinajstić information content (AvgIpc) is 2.81. The number of benzene rings is 1. The predicted octanol–water partition coefficient (Wildman–Crippen LogP) is 3.04. The van der Waals surface area contributed by atoms with Gasteiger partial charge in [0.25, 0.3) is 0 Å². The second-order valence-electron chi connectivity index (χ2n) is 4.34. The molecule has 0 atom stereocenters. The van der Waals surface area contributed by atoms with Crippen LogP contribution in [0.5, 0.6) is 0 Å². The Hall–Kier alpha value is -1.53. The minimum atomic E-state index is -3.23. The summed E-state index contributed by atoms with van der Waals surface area (Å²) in [5.74, 6) is 0. The van der Waals surface area contributed by atoms with E-state index in [-0.39, 0.29) is 0 Å². The monoisotopic (exact) mass is 296 g/mol. The van der Waals surface area contributed by atoms with E-state index in [0.29, 0.717) is 5.69 Å². The van der Waals surface area contributed by atoms with E-state index in [4.69, 9.17) is 0 Å². The number of rotatable bonds is 5. The topological polar surface area (TPSA) is 58.2 Å². The molecule has 0 spiro atoms. The summed E-state index contributed by atoms with van der Waals surface area (Å²) in [6.45, 7) is 2.65. The van der Waals surface area contributed by atoms with E-state index in [0.717, 1.165) is 24.1 Å². The number of hydrogen-bond acceptors (Lipinski definition) is 4. The van der Waals surface area contributed by atoms with Crippen LogP contribution in [0.2, 0.25) is 0 Å². The van der Waals surface area contributed by atoms with E-state index in [9.17, 15) is 8.42 Å². The lowest BCUT2D eigenvalue weighted by Gasteiger charge is -2.11. The summed E-state index contributed by atoms with van der Waals surface area (Å²) < 4.78 is 24.9. The minimum Gasteiger partial charge on any atom is -0.380 e. The van der Waals surface area contributed by atoms with Gasteiger partial charge >= 0.3 is 0 Å². The van der Waals surface area contributed by atoms with Crippen LogP contribution >= 0.6 is 11.3 Å². The fourth-order valence-corrected chi connectivity index (χ4v) is 2.96. The SMILES string of the molecule is Cc1cc(NCc2cccs2)ccc1NS(C)(=O)=O. The maximum atomic E-state index is 11.2. The molecule has 2 aromatic rings. The molecule has 0 unspecified atom stereocenters. The Kier molecular flexibility index (Phi) is 4.11. The molecule has 19 heavy (non-hydrogen) atoms. The van der Waals surface area contributed by atoms with Crippen molar-refractivity contribution in [3.63, 3.8) is 0 Å². The Bertz CT molecular complexity index is 649. The second kappa shape index (κ2) is 5.63. The zero-order valence-corrected chi connectivity index (χ0v) is 12.4. The zero-order chi connectivity index (χ0) is 13.9. The maximum Gasteiger partial charge on any atom is 0.229 e. The predicted molar refractivity (Wildman–Crippen MR) is 81.3 cm³/mol.